The van der Waals surface area contributed by atoms with Crippen LogP contribution in [0.4, 0.5) is 4.79 Å². The normalized spacial score (nSPS) is 15.1. The maximum Gasteiger partial charge on any atom is 0.328 e. The second kappa shape index (κ2) is 8.95. The standard InChI is InChI=1S/C20H18BrIN2O4/c1-3-27-17-10-13(9-16-19(25)24(2)20(26)23-16)8-15(22)18(17)28-11-12-4-6-14(21)7-5-12/h4-10H,3,11H2,1-2H3,(H,23,26)/b16-9+. The van der Waals surface area contributed by atoms with Gasteiger partial charge in [-0.05, 0) is 71.0 Å². The molecule has 0 spiro atoms. The number of benzene rings is 2. The predicted molar refractivity (Wildman–Crippen MR) is 118 cm³/mol. The van der Waals surface area contributed by atoms with Crippen LogP contribution in [0.25, 0.3) is 6.08 Å². The van der Waals surface area contributed by atoms with Crippen LogP contribution in [0.15, 0.2) is 46.6 Å². The zero-order valence-corrected chi connectivity index (χ0v) is 19.0. The average molecular weight is 557 g/mol. The molecule has 3 amide bonds. The maximum absolute atomic E-state index is 12.1. The minimum atomic E-state index is -0.439. The molecule has 6 nitrogen and oxygen atoms in total. The monoisotopic (exact) mass is 556 g/mol. The predicted octanol–water partition coefficient (Wildman–Crippen LogP) is 4.55. The maximum atomic E-state index is 12.1. The highest BCUT2D eigenvalue weighted by Crippen LogP contribution is 2.35. The van der Waals surface area contributed by atoms with E-state index in [1.165, 1.54) is 7.05 Å². The van der Waals surface area contributed by atoms with Crippen LogP contribution in [0, 0.1) is 3.57 Å². The van der Waals surface area contributed by atoms with Gasteiger partial charge in [0.2, 0.25) is 0 Å². The molecule has 1 aliphatic rings. The lowest BCUT2D eigenvalue weighted by molar-refractivity contribution is -0.121. The van der Waals surface area contributed by atoms with Crippen LogP contribution in [0.2, 0.25) is 0 Å². The third-order valence-corrected chi connectivity index (χ3v) is 5.35. The van der Waals surface area contributed by atoms with E-state index in [-0.39, 0.29) is 11.6 Å². The Bertz CT molecular complexity index is 944. The van der Waals surface area contributed by atoms with Crippen molar-refractivity contribution in [3.63, 3.8) is 0 Å². The quantitative estimate of drug-likeness (QED) is 0.322. The number of amides is 3. The zero-order chi connectivity index (χ0) is 20.3. The number of likely N-dealkylation sites (N-methyl/N-ethyl adjacent to an activating group) is 1. The fourth-order valence-corrected chi connectivity index (χ4v) is 3.65. The summed E-state index contributed by atoms with van der Waals surface area (Å²) in [6.07, 6.45) is 1.63. The summed E-state index contributed by atoms with van der Waals surface area (Å²) in [5, 5.41) is 2.56. The molecule has 1 aliphatic heterocycles. The molecule has 146 valence electrons. The van der Waals surface area contributed by atoms with Gasteiger partial charge >= 0.3 is 6.03 Å². The lowest BCUT2D eigenvalue weighted by Gasteiger charge is -2.15. The van der Waals surface area contributed by atoms with Crippen LogP contribution in [-0.2, 0) is 11.4 Å². The zero-order valence-electron chi connectivity index (χ0n) is 15.3. The number of hydrogen-bond acceptors (Lipinski definition) is 4. The number of halogens is 2. The summed E-state index contributed by atoms with van der Waals surface area (Å²) in [7, 11) is 1.44. The van der Waals surface area contributed by atoms with Crippen molar-refractivity contribution < 1.29 is 19.1 Å². The molecule has 2 aromatic rings. The molecule has 28 heavy (non-hydrogen) atoms. The molecule has 0 aliphatic carbocycles. The summed E-state index contributed by atoms with van der Waals surface area (Å²) < 4.78 is 13.6. The summed E-state index contributed by atoms with van der Waals surface area (Å²) in [5.41, 5.74) is 2.01. The van der Waals surface area contributed by atoms with E-state index in [2.05, 4.69) is 43.8 Å². The lowest BCUT2D eigenvalue weighted by Crippen LogP contribution is -2.25. The molecule has 1 saturated heterocycles. The van der Waals surface area contributed by atoms with Gasteiger partial charge in [-0.1, -0.05) is 28.1 Å². The first-order valence-corrected chi connectivity index (χ1v) is 10.4. The first kappa shape index (κ1) is 20.7. The van der Waals surface area contributed by atoms with E-state index in [9.17, 15) is 9.59 Å². The number of nitrogens with zero attached hydrogens (tertiary/aromatic N) is 1. The second-order valence-electron chi connectivity index (χ2n) is 6.03. The summed E-state index contributed by atoms with van der Waals surface area (Å²) >= 11 is 5.59. The number of nitrogens with one attached hydrogen (secondary N) is 1. The Morgan fingerprint density at radius 3 is 2.50 bits per heavy atom. The first-order chi connectivity index (χ1) is 13.4. The largest absolute Gasteiger partial charge is 0.490 e. The van der Waals surface area contributed by atoms with Crippen molar-refractivity contribution in [1.82, 2.24) is 10.2 Å². The number of carbonyl (C=O) groups is 2. The van der Waals surface area contributed by atoms with Gasteiger partial charge in [0, 0.05) is 11.5 Å². The molecule has 0 bridgehead atoms. The number of rotatable bonds is 6. The Kier molecular flexibility index (Phi) is 6.61. The van der Waals surface area contributed by atoms with Gasteiger partial charge in [0.15, 0.2) is 11.5 Å². The average Bonchev–Trinajstić information content (AvgIpc) is 2.89. The van der Waals surface area contributed by atoms with Gasteiger partial charge < -0.3 is 14.8 Å². The Morgan fingerprint density at radius 1 is 1.18 bits per heavy atom. The summed E-state index contributed by atoms with van der Waals surface area (Å²) in [4.78, 5) is 24.7. The van der Waals surface area contributed by atoms with E-state index >= 15 is 0 Å². The second-order valence-corrected chi connectivity index (χ2v) is 8.11. The van der Waals surface area contributed by atoms with Crippen LogP contribution >= 0.6 is 38.5 Å². The third-order valence-electron chi connectivity index (χ3n) is 4.02. The van der Waals surface area contributed by atoms with Crippen LogP contribution in [0.5, 0.6) is 11.5 Å². The van der Waals surface area contributed by atoms with Crippen molar-refractivity contribution in [2.45, 2.75) is 13.5 Å². The highest BCUT2D eigenvalue weighted by atomic mass is 127. The van der Waals surface area contributed by atoms with E-state index in [1.807, 2.05) is 37.3 Å². The van der Waals surface area contributed by atoms with Crippen LogP contribution in [-0.4, -0.2) is 30.5 Å². The molecule has 3 rings (SSSR count). The molecule has 1 fully saturated rings. The molecule has 0 aromatic heterocycles. The third kappa shape index (κ3) is 4.67. The molecule has 0 unspecified atom stereocenters. The minimum Gasteiger partial charge on any atom is -0.490 e. The Morgan fingerprint density at radius 2 is 1.89 bits per heavy atom. The molecular formula is C20H18BrIN2O4. The Labute approximate surface area is 185 Å². The van der Waals surface area contributed by atoms with Gasteiger partial charge in [0.1, 0.15) is 12.3 Å². The SMILES string of the molecule is CCOc1cc(/C=C2/NC(=O)N(C)C2=O)cc(I)c1OCc1ccc(Br)cc1. The van der Waals surface area contributed by atoms with Crippen molar-refractivity contribution in [2.24, 2.45) is 0 Å². The Hall–Kier alpha value is -2.07. The number of ether oxygens (including phenoxy) is 2. The van der Waals surface area contributed by atoms with Gasteiger partial charge in [-0.25, -0.2) is 4.79 Å². The van der Waals surface area contributed by atoms with E-state index < -0.39 is 6.03 Å². The molecule has 8 heteroatoms. The molecule has 2 aromatic carbocycles. The lowest BCUT2D eigenvalue weighted by atomic mass is 10.1. The number of urea groups is 1. The molecule has 0 radical (unpaired) electrons. The van der Waals surface area contributed by atoms with Gasteiger partial charge in [0.25, 0.3) is 5.91 Å². The summed E-state index contributed by atoms with van der Waals surface area (Å²) in [6, 6.07) is 11.1. The van der Waals surface area contributed by atoms with Crippen molar-refractivity contribution in [3.8, 4) is 11.5 Å². The van der Waals surface area contributed by atoms with Crippen molar-refractivity contribution in [1.29, 1.82) is 0 Å². The van der Waals surface area contributed by atoms with Crippen molar-refractivity contribution in [3.05, 3.63) is 61.3 Å². The van der Waals surface area contributed by atoms with Crippen molar-refractivity contribution >= 4 is 56.5 Å². The summed E-state index contributed by atoms with van der Waals surface area (Å²) in [5.74, 6) is 0.864. The molecule has 1 N–H and O–H groups in total. The van der Waals surface area contributed by atoms with E-state index in [1.54, 1.807) is 12.1 Å². The number of imide groups is 1. The number of hydrogen-bond donors (Lipinski definition) is 1. The van der Waals surface area contributed by atoms with E-state index in [0.29, 0.717) is 24.7 Å². The van der Waals surface area contributed by atoms with Gasteiger partial charge in [-0.2, -0.15) is 0 Å². The molecule has 0 saturated carbocycles. The fourth-order valence-electron chi connectivity index (χ4n) is 2.60. The minimum absolute atomic E-state index is 0.231. The Balaban J connectivity index is 1.86. The highest BCUT2D eigenvalue weighted by molar-refractivity contribution is 14.1. The topological polar surface area (TPSA) is 67.9 Å². The molecule has 0 atom stereocenters. The molecule has 1 heterocycles. The van der Waals surface area contributed by atoms with Crippen LogP contribution in [0.3, 0.4) is 0 Å². The summed E-state index contributed by atoms with van der Waals surface area (Å²) in [6.45, 7) is 2.78. The molecular weight excluding hydrogens is 539 g/mol. The van der Waals surface area contributed by atoms with Crippen molar-refractivity contribution in [2.75, 3.05) is 13.7 Å². The smallest absolute Gasteiger partial charge is 0.328 e. The highest BCUT2D eigenvalue weighted by Gasteiger charge is 2.30. The van der Waals surface area contributed by atoms with E-state index in [0.717, 1.165) is 24.1 Å². The van der Waals surface area contributed by atoms with Gasteiger partial charge in [-0.15, -0.1) is 0 Å². The number of carbonyl (C=O) groups excluding carboxylic acids is 2. The van der Waals surface area contributed by atoms with E-state index in [4.69, 9.17) is 9.47 Å². The van der Waals surface area contributed by atoms with Crippen LogP contribution in [0.1, 0.15) is 18.1 Å². The van der Waals surface area contributed by atoms with Gasteiger partial charge in [-0.3, -0.25) is 9.69 Å². The fraction of sp³-hybridized carbons (Fsp3) is 0.200. The van der Waals surface area contributed by atoms with Crippen LogP contribution < -0.4 is 14.8 Å². The first-order valence-electron chi connectivity index (χ1n) is 8.53. The van der Waals surface area contributed by atoms with Gasteiger partial charge in [0.05, 0.1) is 10.2 Å².